The van der Waals surface area contributed by atoms with E-state index >= 15 is 0 Å². The molecule has 33 heavy (non-hydrogen) atoms. The van der Waals surface area contributed by atoms with Gasteiger partial charge >= 0.3 is 0 Å². The largest absolute Gasteiger partial charge is 0.491 e. The number of benzene rings is 2. The highest BCUT2D eigenvalue weighted by Crippen LogP contribution is 2.30. The Morgan fingerprint density at radius 3 is 2.24 bits per heavy atom. The number of aryl methyl sites for hydroxylation is 4. The monoisotopic (exact) mass is 456 g/mol. The first kappa shape index (κ1) is 27.4. The molecule has 0 aliphatic carbocycles. The molecule has 0 saturated carbocycles. The molecule has 4 nitrogen and oxygen atoms in total. The minimum atomic E-state index is -0.855. The summed E-state index contributed by atoms with van der Waals surface area (Å²) >= 11 is 0. The van der Waals surface area contributed by atoms with Crippen molar-refractivity contribution < 1.29 is 20.1 Å². The smallest absolute Gasteiger partial charge is 0.122 e. The molecule has 2 aromatic carbocycles. The number of aliphatic hydroxyl groups is 3. The average Bonchev–Trinajstić information content (AvgIpc) is 2.82. The van der Waals surface area contributed by atoms with E-state index in [1.807, 2.05) is 13.0 Å². The highest BCUT2D eigenvalue weighted by atomic mass is 16.5. The molecule has 0 saturated heterocycles. The summed E-state index contributed by atoms with van der Waals surface area (Å²) in [6.07, 6.45) is 5.68. The van der Waals surface area contributed by atoms with Gasteiger partial charge in [-0.05, 0) is 98.6 Å². The molecule has 3 N–H and O–H groups in total. The van der Waals surface area contributed by atoms with Crippen LogP contribution in [0.25, 0.3) is 0 Å². The van der Waals surface area contributed by atoms with Crippen molar-refractivity contribution in [2.75, 3.05) is 13.2 Å². The summed E-state index contributed by atoms with van der Waals surface area (Å²) in [6, 6.07) is 13.1. The molecule has 0 radical (unpaired) electrons. The molecule has 0 bridgehead atoms. The van der Waals surface area contributed by atoms with Gasteiger partial charge in [0, 0.05) is 0 Å². The topological polar surface area (TPSA) is 69.9 Å². The van der Waals surface area contributed by atoms with Crippen LogP contribution < -0.4 is 4.74 Å². The molecule has 0 aromatic heterocycles. The van der Waals surface area contributed by atoms with Crippen molar-refractivity contribution >= 4 is 0 Å². The Morgan fingerprint density at radius 2 is 1.67 bits per heavy atom. The summed E-state index contributed by atoms with van der Waals surface area (Å²) in [6.45, 7) is 10.4. The van der Waals surface area contributed by atoms with Gasteiger partial charge in [0.15, 0.2) is 0 Å². The van der Waals surface area contributed by atoms with Crippen molar-refractivity contribution in [1.29, 1.82) is 0 Å². The van der Waals surface area contributed by atoms with Gasteiger partial charge in [-0.15, -0.1) is 0 Å². The van der Waals surface area contributed by atoms with E-state index < -0.39 is 11.7 Å². The molecular weight excluding hydrogens is 412 g/mol. The first-order valence-corrected chi connectivity index (χ1v) is 12.6. The zero-order valence-electron chi connectivity index (χ0n) is 21.2. The Hall–Kier alpha value is -1.88. The van der Waals surface area contributed by atoms with Crippen LogP contribution >= 0.6 is 0 Å². The standard InChI is InChI=1S/C29H44O4/c1-6-24(26-13-14-28(22(5)18-26)33-20-27(31)19-30)11-9-23-10-12-25(21(4)17-23)15-16-29(32,7-2)8-3/h10,12-14,17-18,24,27,30-32H,6-9,11,15-16,19-20H2,1-5H3/t24?,27-/m0/s1. The zero-order valence-corrected chi connectivity index (χ0v) is 21.2. The van der Waals surface area contributed by atoms with E-state index in [0.717, 1.165) is 56.3 Å². The third-order valence-corrected chi connectivity index (χ3v) is 7.17. The van der Waals surface area contributed by atoms with Crippen molar-refractivity contribution in [3.05, 3.63) is 64.2 Å². The third-order valence-electron chi connectivity index (χ3n) is 7.17. The van der Waals surface area contributed by atoms with Crippen LogP contribution in [-0.2, 0) is 12.8 Å². The summed E-state index contributed by atoms with van der Waals surface area (Å²) in [5.41, 5.74) is 5.84. The first-order chi connectivity index (χ1) is 15.7. The fourth-order valence-corrected chi connectivity index (χ4v) is 4.44. The lowest BCUT2D eigenvalue weighted by Gasteiger charge is -2.25. The highest BCUT2D eigenvalue weighted by molar-refractivity contribution is 5.38. The Kier molecular flexibility index (Phi) is 10.9. The number of hydrogen-bond acceptors (Lipinski definition) is 4. The van der Waals surface area contributed by atoms with Crippen LogP contribution in [0.2, 0.25) is 0 Å². The van der Waals surface area contributed by atoms with Gasteiger partial charge < -0.3 is 20.1 Å². The van der Waals surface area contributed by atoms with E-state index in [4.69, 9.17) is 9.84 Å². The van der Waals surface area contributed by atoms with E-state index in [0.29, 0.717) is 5.92 Å². The Morgan fingerprint density at radius 1 is 0.939 bits per heavy atom. The lowest BCUT2D eigenvalue weighted by atomic mass is 9.87. The fraction of sp³-hybridized carbons (Fsp3) is 0.586. The number of hydrogen-bond donors (Lipinski definition) is 3. The lowest BCUT2D eigenvalue weighted by molar-refractivity contribution is 0.0239. The van der Waals surface area contributed by atoms with E-state index in [1.54, 1.807) is 0 Å². The number of ether oxygens (including phenoxy) is 1. The molecule has 2 atom stereocenters. The maximum Gasteiger partial charge on any atom is 0.122 e. The minimum Gasteiger partial charge on any atom is -0.491 e. The van der Waals surface area contributed by atoms with Crippen molar-refractivity contribution in [3.8, 4) is 5.75 Å². The molecule has 0 spiro atoms. The van der Waals surface area contributed by atoms with Crippen molar-refractivity contribution in [2.45, 2.75) is 97.2 Å². The molecule has 2 rings (SSSR count). The summed E-state index contributed by atoms with van der Waals surface area (Å²) in [5.74, 6) is 1.23. The second-order valence-corrected chi connectivity index (χ2v) is 9.51. The maximum atomic E-state index is 10.6. The zero-order chi connectivity index (χ0) is 24.4. The molecular formula is C29H44O4. The number of rotatable bonds is 14. The van der Waals surface area contributed by atoms with Crippen molar-refractivity contribution in [3.63, 3.8) is 0 Å². The molecule has 4 heteroatoms. The molecule has 0 aliphatic heterocycles. The van der Waals surface area contributed by atoms with Crippen LogP contribution in [0.3, 0.4) is 0 Å². The van der Waals surface area contributed by atoms with Gasteiger partial charge in [-0.25, -0.2) is 0 Å². The van der Waals surface area contributed by atoms with Crippen molar-refractivity contribution in [1.82, 2.24) is 0 Å². The quantitative estimate of drug-likeness (QED) is 0.344. The van der Waals surface area contributed by atoms with Gasteiger partial charge in [0.1, 0.15) is 18.5 Å². The van der Waals surface area contributed by atoms with Crippen molar-refractivity contribution in [2.24, 2.45) is 0 Å². The SMILES string of the molecule is CCC(CCc1ccc(CCC(O)(CC)CC)c(C)c1)c1ccc(OC[C@@H](O)CO)c(C)c1. The summed E-state index contributed by atoms with van der Waals surface area (Å²) in [7, 11) is 0. The molecule has 0 aliphatic rings. The summed E-state index contributed by atoms with van der Waals surface area (Å²) < 4.78 is 5.64. The number of aliphatic hydroxyl groups excluding tert-OH is 2. The van der Waals surface area contributed by atoms with Gasteiger partial charge in [-0.1, -0.05) is 51.1 Å². The van der Waals surface area contributed by atoms with Gasteiger partial charge in [-0.2, -0.15) is 0 Å². The predicted octanol–water partition coefficient (Wildman–Crippen LogP) is 5.65. The van der Waals surface area contributed by atoms with Crippen LogP contribution in [0, 0.1) is 13.8 Å². The Balaban J connectivity index is 1.98. The molecule has 184 valence electrons. The highest BCUT2D eigenvalue weighted by Gasteiger charge is 2.22. The molecule has 0 amide bonds. The van der Waals surface area contributed by atoms with Crippen LogP contribution in [0.4, 0.5) is 0 Å². The molecule has 0 fully saturated rings. The first-order valence-electron chi connectivity index (χ1n) is 12.6. The van der Waals surface area contributed by atoms with Crippen LogP contribution in [0.5, 0.6) is 5.75 Å². The van der Waals surface area contributed by atoms with Gasteiger partial charge in [0.2, 0.25) is 0 Å². The van der Waals surface area contributed by atoms with Gasteiger partial charge in [0.05, 0.1) is 12.2 Å². The van der Waals surface area contributed by atoms with Gasteiger partial charge in [0.25, 0.3) is 0 Å². The third kappa shape index (κ3) is 8.13. The second kappa shape index (κ2) is 13.1. The van der Waals surface area contributed by atoms with Crippen LogP contribution in [0.1, 0.15) is 86.6 Å². The fourth-order valence-electron chi connectivity index (χ4n) is 4.44. The minimum absolute atomic E-state index is 0.0966. The Bertz CT molecular complexity index is 857. The predicted molar refractivity (Wildman–Crippen MR) is 136 cm³/mol. The van der Waals surface area contributed by atoms with E-state index in [2.05, 4.69) is 58.0 Å². The van der Waals surface area contributed by atoms with Crippen LogP contribution in [-0.4, -0.2) is 40.2 Å². The maximum absolute atomic E-state index is 10.6. The Labute approximate surface area is 200 Å². The second-order valence-electron chi connectivity index (χ2n) is 9.51. The molecule has 2 aromatic rings. The molecule has 1 unspecified atom stereocenters. The normalized spacial score (nSPS) is 13.7. The summed E-state index contributed by atoms with van der Waals surface area (Å²) in [5, 5.41) is 29.1. The van der Waals surface area contributed by atoms with E-state index in [1.165, 1.54) is 22.3 Å². The van der Waals surface area contributed by atoms with E-state index in [-0.39, 0.29) is 13.2 Å². The molecule has 0 heterocycles. The van der Waals surface area contributed by atoms with E-state index in [9.17, 15) is 10.2 Å². The summed E-state index contributed by atoms with van der Waals surface area (Å²) in [4.78, 5) is 0. The lowest BCUT2D eigenvalue weighted by Crippen LogP contribution is -2.27. The van der Waals surface area contributed by atoms with Gasteiger partial charge in [-0.3, -0.25) is 0 Å². The average molecular weight is 457 g/mol. The van der Waals surface area contributed by atoms with Crippen LogP contribution in [0.15, 0.2) is 36.4 Å².